The Hall–Kier alpha value is -2.65. The highest BCUT2D eigenvalue weighted by molar-refractivity contribution is 5.85. The van der Waals surface area contributed by atoms with Crippen molar-refractivity contribution in [2.45, 2.75) is 51.0 Å². The maximum atomic E-state index is 11.6. The first-order valence-corrected chi connectivity index (χ1v) is 8.22. The summed E-state index contributed by atoms with van der Waals surface area (Å²) in [4.78, 5) is 56.1. The second-order valence-corrected chi connectivity index (χ2v) is 5.46. The highest BCUT2D eigenvalue weighted by Gasteiger charge is 2.19. The Morgan fingerprint density at radius 2 is 1.38 bits per heavy atom. The van der Waals surface area contributed by atoms with Gasteiger partial charge in [-0.05, 0) is 19.3 Å². The van der Waals surface area contributed by atoms with E-state index in [4.69, 9.17) is 5.11 Å². The fourth-order valence-electron chi connectivity index (χ4n) is 1.95. The molecule has 0 aromatic heterocycles. The molecule has 0 spiro atoms. The standard InChI is InChI=1S/C16H26N2O8/c1-25-14(21)8-6-12(19)17-10-4-3-5-11(16(23)24)18-13(20)7-9-15(22)26-2/h11H,3-10H2,1-2H3,(H,17,19)(H,18,20)(H,23,24)/t11-/m1/s1. The zero-order chi connectivity index (χ0) is 19.9. The minimum absolute atomic E-state index is 0.00102. The number of carboxylic acids is 1. The lowest BCUT2D eigenvalue weighted by Gasteiger charge is -2.14. The fourth-order valence-corrected chi connectivity index (χ4v) is 1.95. The molecule has 0 aliphatic rings. The molecule has 0 aromatic carbocycles. The Bertz CT molecular complexity index is 506. The van der Waals surface area contributed by atoms with Gasteiger partial charge >= 0.3 is 17.9 Å². The second-order valence-electron chi connectivity index (χ2n) is 5.46. The number of rotatable bonds is 13. The van der Waals surface area contributed by atoms with Crippen LogP contribution in [0.5, 0.6) is 0 Å². The molecule has 0 heterocycles. The number of esters is 2. The lowest BCUT2D eigenvalue weighted by atomic mass is 10.1. The van der Waals surface area contributed by atoms with Crippen LogP contribution in [-0.2, 0) is 33.4 Å². The van der Waals surface area contributed by atoms with Gasteiger partial charge in [-0.3, -0.25) is 19.2 Å². The molecule has 10 heteroatoms. The second kappa shape index (κ2) is 13.6. The first-order valence-electron chi connectivity index (χ1n) is 8.22. The summed E-state index contributed by atoms with van der Waals surface area (Å²) >= 11 is 0. The molecule has 0 saturated carbocycles. The van der Waals surface area contributed by atoms with Crippen molar-refractivity contribution in [2.75, 3.05) is 20.8 Å². The van der Waals surface area contributed by atoms with Crippen LogP contribution >= 0.6 is 0 Å². The molecule has 2 amide bonds. The molecular formula is C16H26N2O8. The highest BCUT2D eigenvalue weighted by Crippen LogP contribution is 2.03. The van der Waals surface area contributed by atoms with Crippen LogP contribution in [-0.4, -0.2) is 61.6 Å². The number of amides is 2. The lowest BCUT2D eigenvalue weighted by Crippen LogP contribution is -2.41. The van der Waals surface area contributed by atoms with E-state index in [9.17, 15) is 24.0 Å². The number of hydrogen-bond acceptors (Lipinski definition) is 7. The van der Waals surface area contributed by atoms with Gasteiger partial charge in [-0.15, -0.1) is 0 Å². The van der Waals surface area contributed by atoms with E-state index >= 15 is 0 Å². The third kappa shape index (κ3) is 11.8. The molecule has 0 aliphatic carbocycles. The Labute approximate surface area is 151 Å². The number of carbonyl (C=O) groups is 5. The largest absolute Gasteiger partial charge is 0.480 e. The number of unbranched alkanes of at least 4 members (excludes halogenated alkanes) is 1. The molecule has 0 rings (SSSR count). The van der Waals surface area contributed by atoms with Crippen molar-refractivity contribution < 1.29 is 38.6 Å². The normalized spacial score (nSPS) is 11.2. The maximum absolute atomic E-state index is 11.6. The van der Waals surface area contributed by atoms with Crippen molar-refractivity contribution in [1.82, 2.24) is 10.6 Å². The summed E-state index contributed by atoms with van der Waals surface area (Å²) in [5.74, 6) is -3.01. The molecule has 0 bridgehead atoms. The minimum Gasteiger partial charge on any atom is -0.480 e. The summed E-state index contributed by atoms with van der Waals surface area (Å²) < 4.78 is 8.83. The predicted octanol–water partition coefficient (Wildman–Crippen LogP) is -0.251. The van der Waals surface area contributed by atoms with E-state index in [-0.39, 0.29) is 38.0 Å². The van der Waals surface area contributed by atoms with E-state index in [2.05, 4.69) is 20.1 Å². The van der Waals surface area contributed by atoms with E-state index in [1.54, 1.807) is 0 Å². The number of ether oxygens (including phenoxy) is 2. The van der Waals surface area contributed by atoms with Gasteiger partial charge in [0.05, 0.1) is 27.1 Å². The van der Waals surface area contributed by atoms with Gasteiger partial charge in [-0.25, -0.2) is 4.79 Å². The fraction of sp³-hybridized carbons (Fsp3) is 0.688. The van der Waals surface area contributed by atoms with Gasteiger partial charge in [0.15, 0.2) is 0 Å². The monoisotopic (exact) mass is 374 g/mol. The van der Waals surface area contributed by atoms with Gasteiger partial charge in [0.1, 0.15) is 6.04 Å². The third-order valence-electron chi connectivity index (χ3n) is 3.44. The highest BCUT2D eigenvalue weighted by atomic mass is 16.5. The molecule has 26 heavy (non-hydrogen) atoms. The average molecular weight is 374 g/mol. The quantitative estimate of drug-likeness (QED) is 0.295. The van der Waals surface area contributed by atoms with Crippen LogP contribution in [0.15, 0.2) is 0 Å². The summed E-state index contributed by atoms with van der Waals surface area (Å²) in [7, 11) is 2.45. The van der Waals surface area contributed by atoms with E-state index < -0.39 is 29.9 Å². The summed E-state index contributed by atoms with van der Waals surface area (Å²) in [6.45, 7) is 0.336. The molecule has 0 saturated heterocycles. The lowest BCUT2D eigenvalue weighted by molar-refractivity contribution is -0.143. The van der Waals surface area contributed by atoms with Crippen LogP contribution in [0.3, 0.4) is 0 Å². The molecule has 1 atom stereocenters. The van der Waals surface area contributed by atoms with E-state index in [0.717, 1.165) is 0 Å². The Morgan fingerprint density at radius 3 is 1.88 bits per heavy atom. The van der Waals surface area contributed by atoms with Gasteiger partial charge < -0.3 is 25.2 Å². The van der Waals surface area contributed by atoms with Crippen molar-refractivity contribution in [3.8, 4) is 0 Å². The Morgan fingerprint density at radius 1 is 0.846 bits per heavy atom. The molecule has 0 fully saturated rings. The molecule has 3 N–H and O–H groups in total. The number of methoxy groups -OCH3 is 2. The van der Waals surface area contributed by atoms with Crippen molar-refractivity contribution in [1.29, 1.82) is 0 Å². The van der Waals surface area contributed by atoms with Gasteiger partial charge in [0.2, 0.25) is 11.8 Å². The predicted molar refractivity (Wildman–Crippen MR) is 88.9 cm³/mol. The van der Waals surface area contributed by atoms with Crippen LogP contribution < -0.4 is 10.6 Å². The molecule has 0 aliphatic heterocycles. The minimum atomic E-state index is -1.17. The van der Waals surface area contributed by atoms with E-state index in [0.29, 0.717) is 19.4 Å². The van der Waals surface area contributed by atoms with Crippen LogP contribution in [0.2, 0.25) is 0 Å². The molecule has 0 unspecified atom stereocenters. The molecular weight excluding hydrogens is 348 g/mol. The zero-order valence-corrected chi connectivity index (χ0v) is 15.0. The molecule has 148 valence electrons. The van der Waals surface area contributed by atoms with Crippen LogP contribution in [0.25, 0.3) is 0 Å². The SMILES string of the molecule is COC(=O)CCC(=O)NCCCC[C@@H](NC(=O)CCC(=O)OC)C(=O)O. The van der Waals surface area contributed by atoms with Crippen molar-refractivity contribution in [3.05, 3.63) is 0 Å². The summed E-state index contributed by atoms with van der Waals surface area (Å²) in [5.41, 5.74) is 0. The Kier molecular flexibility index (Phi) is 12.2. The smallest absolute Gasteiger partial charge is 0.326 e. The number of nitrogens with one attached hydrogen (secondary N) is 2. The number of carbonyl (C=O) groups excluding carboxylic acids is 4. The van der Waals surface area contributed by atoms with Crippen molar-refractivity contribution in [2.24, 2.45) is 0 Å². The van der Waals surface area contributed by atoms with Gasteiger partial charge in [-0.2, -0.15) is 0 Å². The molecule has 10 nitrogen and oxygen atoms in total. The first kappa shape index (κ1) is 23.4. The van der Waals surface area contributed by atoms with E-state index in [1.165, 1.54) is 14.2 Å². The third-order valence-corrected chi connectivity index (χ3v) is 3.44. The Balaban J connectivity index is 3.98. The summed E-state index contributed by atoms with van der Waals surface area (Å²) in [6, 6.07) is -1.06. The number of hydrogen-bond donors (Lipinski definition) is 3. The summed E-state index contributed by atoms with van der Waals surface area (Å²) in [5, 5.41) is 14.1. The first-order chi connectivity index (χ1) is 12.3. The summed E-state index contributed by atoms with van der Waals surface area (Å²) in [6.07, 6.45) is 0.940. The van der Waals surface area contributed by atoms with Gasteiger partial charge in [0.25, 0.3) is 0 Å². The van der Waals surface area contributed by atoms with Crippen LogP contribution in [0, 0.1) is 0 Å². The zero-order valence-electron chi connectivity index (χ0n) is 15.0. The van der Waals surface area contributed by atoms with E-state index in [1.807, 2.05) is 0 Å². The number of carboxylic acid groups (broad SMARTS) is 1. The number of aliphatic carboxylic acids is 1. The molecule has 0 radical (unpaired) electrons. The average Bonchev–Trinajstić information content (AvgIpc) is 2.62. The topological polar surface area (TPSA) is 148 Å². The van der Waals surface area contributed by atoms with Crippen LogP contribution in [0.4, 0.5) is 0 Å². The maximum Gasteiger partial charge on any atom is 0.326 e. The van der Waals surface area contributed by atoms with Gasteiger partial charge in [-0.1, -0.05) is 0 Å². The molecule has 0 aromatic rings. The van der Waals surface area contributed by atoms with Crippen molar-refractivity contribution in [3.63, 3.8) is 0 Å². The van der Waals surface area contributed by atoms with Crippen molar-refractivity contribution >= 4 is 29.7 Å². The van der Waals surface area contributed by atoms with Gasteiger partial charge in [0, 0.05) is 19.4 Å². The van der Waals surface area contributed by atoms with Crippen LogP contribution in [0.1, 0.15) is 44.9 Å².